The van der Waals surface area contributed by atoms with Crippen molar-refractivity contribution < 1.29 is 4.79 Å². The van der Waals surface area contributed by atoms with Gasteiger partial charge in [-0.05, 0) is 63.4 Å². The van der Waals surface area contributed by atoms with Gasteiger partial charge in [-0.1, -0.05) is 35.9 Å². The number of piperidine rings is 1. The first-order valence-corrected chi connectivity index (χ1v) is 11.9. The largest absolute Gasteiger partial charge is 0.352 e. The summed E-state index contributed by atoms with van der Waals surface area (Å²) in [5, 5.41) is 18.6. The monoisotopic (exact) mass is 474 g/mol. The number of nitrogens with one attached hydrogen (secondary N) is 1. The number of carbonyl (C=O) groups excluding carboxylic acids is 1. The molecule has 0 spiro atoms. The van der Waals surface area contributed by atoms with Gasteiger partial charge in [0.1, 0.15) is 5.52 Å². The standard InChI is InChI=1S/C26H27ClN6O/c1-16-21(27)12-7-13-22(16)28-26(34)19-9-8-14-32(15-19)25-24-23(17(2)29-30-25)18(3)33(31-24)20-10-5-4-6-11-20/h4-7,10-13,19H,8-9,14-15H2,1-3H3,(H,28,34)/t19-/m0/s1. The zero-order chi connectivity index (χ0) is 23.8. The van der Waals surface area contributed by atoms with E-state index in [0.717, 1.165) is 64.4 Å². The van der Waals surface area contributed by atoms with Crippen LogP contribution in [0.1, 0.15) is 29.8 Å². The molecule has 4 aromatic rings. The number of halogens is 1. The highest BCUT2D eigenvalue weighted by Gasteiger charge is 2.29. The second-order valence-corrected chi connectivity index (χ2v) is 9.26. The number of para-hydroxylation sites is 1. The molecule has 0 aliphatic carbocycles. The molecule has 1 amide bonds. The van der Waals surface area contributed by atoms with E-state index in [9.17, 15) is 4.79 Å². The van der Waals surface area contributed by atoms with Crippen LogP contribution in [0.4, 0.5) is 11.5 Å². The average molecular weight is 475 g/mol. The van der Waals surface area contributed by atoms with E-state index in [4.69, 9.17) is 16.7 Å². The zero-order valence-corrected chi connectivity index (χ0v) is 20.3. The van der Waals surface area contributed by atoms with E-state index in [0.29, 0.717) is 11.6 Å². The van der Waals surface area contributed by atoms with Crippen molar-refractivity contribution in [2.75, 3.05) is 23.3 Å². The number of amides is 1. The van der Waals surface area contributed by atoms with Crippen LogP contribution in [0.2, 0.25) is 5.02 Å². The van der Waals surface area contributed by atoms with E-state index in [2.05, 4.69) is 27.3 Å². The molecular formula is C26H27ClN6O. The molecule has 34 heavy (non-hydrogen) atoms. The minimum atomic E-state index is -0.164. The summed E-state index contributed by atoms with van der Waals surface area (Å²) in [6.07, 6.45) is 1.71. The van der Waals surface area contributed by atoms with Crippen molar-refractivity contribution in [3.8, 4) is 5.69 Å². The van der Waals surface area contributed by atoms with Crippen LogP contribution in [0.25, 0.3) is 16.6 Å². The maximum Gasteiger partial charge on any atom is 0.229 e. The van der Waals surface area contributed by atoms with Crippen molar-refractivity contribution >= 4 is 39.9 Å². The molecule has 1 atom stereocenters. The van der Waals surface area contributed by atoms with Crippen LogP contribution >= 0.6 is 11.6 Å². The van der Waals surface area contributed by atoms with Crippen LogP contribution in [0.5, 0.6) is 0 Å². The lowest BCUT2D eigenvalue weighted by atomic mass is 9.96. The minimum Gasteiger partial charge on any atom is -0.352 e. The van der Waals surface area contributed by atoms with Gasteiger partial charge >= 0.3 is 0 Å². The number of rotatable bonds is 4. The average Bonchev–Trinajstić information content (AvgIpc) is 3.21. The number of carbonyl (C=O) groups is 1. The van der Waals surface area contributed by atoms with Crippen LogP contribution in [0.3, 0.4) is 0 Å². The quantitative estimate of drug-likeness (QED) is 0.437. The van der Waals surface area contributed by atoms with Crippen molar-refractivity contribution in [1.29, 1.82) is 0 Å². The van der Waals surface area contributed by atoms with Gasteiger partial charge in [-0.15, -0.1) is 5.10 Å². The first-order chi connectivity index (χ1) is 16.4. The number of hydrogen-bond acceptors (Lipinski definition) is 5. The van der Waals surface area contributed by atoms with E-state index >= 15 is 0 Å². The van der Waals surface area contributed by atoms with Crippen molar-refractivity contribution in [3.05, 3.63) is 70.5 Å². The van der Waals surface area contributed by atoms with E-state index in [1.54, 1.807) is 0 Å². The van der Waals surface area contributed by atoms with Gasteiger partial charge in [-0.2, -0.15) is 10.2 Å². The van der Waals surface area contributed by atoms with Crippen LogP contribution in [-0.2, 0) is 4.79 Å². The van der Waals surface area contributed by atoms with E-state index in [1.807, 2.05) is 67.1 Å². The van der Waals surface area contributed by atoms with Gasteiger partial charge in [0, 0.05) is 23.8 Å². The van der Waals surface area contributed by atoms with Crippen LogP contribution < -0.4 is 10.2 Å². The van der Waals surface area contributed by atoms with Gasteiger partial charge in [-0.3, -0.25) is 4.79 Å². The van der Waals surface area contributed by atoms with Gasteiger partial charge in [0.15, 0.2) is 5.82 Å². The Morgan fingerprint density at radius 2 is 1.85 bits per heavy atom. The molecule has 0 unspecified atom stereocenters. The Hall–Kier alpha value is -3.45. The Bertz CT molecular complexity index is 1370. The second kappa shape index (κ2) is 9.06. The minimum absolute atomic E-state index is 0.00243. The SMILES string of the molecule is Cc1c(Cl)cccc1NC(=O)[C@H]1CCCN(c2nnc(C)c3c(C)n(-c4ccccc4)nc23)C1. The summed E-state index contributed by atoms with van der Waals surface area (Å²) in [5.74, 6) is 0.565. The van der Waals surface area contributed by atoms with Crippen molar-refractivity contribution in [1.82, 2.24) is 20.0 Å². The van der Waals surface area contributed by atoms with Crippen molar-refractivity contribution in [2.45, 2.75) is 33.6 Å². The summed E-state index contributed by atoms with van der Waals surface area (Å²) in [4.78, 5) is 15.3. The number of anilines is 2. The predicted molar refractivity (Wildman–Crippen MR) is 136 cm³/mol. The maximum absolute atomic E-state index is 13.1. The fraction of sp³-hybridized carbons (Fsp3) is 0.308. The summed E-state index contributed by atoms with van der Waals surface area (Å²) in [6.45, 7) is 7.30. The van der Waals surface area contributed by atoms with Gasteiger partial charge in [0.05, 0.1) is 28.4 Å². The molecule has 0 bridgehead atoms. The number of fused-ring (bicyclic) bond motifs is 1. The lowest BCUT2D eigenvalue weighted by molar-refractivity contribution is -0.120. The molecule has 8 heteroatoms. The first-order valence-electron chi connectivity index (χ1n) is 11.5. The molecule has 1 aliphatic heterocycles. The van der Waals surface area contributed by atoms with Crippen molar-refractivity contribution in [2.24, 2.45) is 5.92 Å². The third-order valence-corrected chi connectivity index (χ3v) is 7.01. The summed E-state index contributed by atoms with van der Waals surface area (Å²) < 4.78 is 1.95. The number of nitrogens with zero attached hydrogens (tertiary/aromatic N) is 5. The molecule has 174 valence electrons. The van der Waals surface area contributed by atoms with Crippen LogP contribution in [0, 0.1) is 26.7 Å². The molecule has 5 rings (SSSR count). The Labute approximate surface area is 203 Å². The third-order valence-electron chi connectivity index (χ3n) is 6.60. The molecule has 0 saturated carbocycles. The Morgan fingerprint density at radius 1 is 1.06 bits per heavy atom. The molecule has 1 saturated heterocycles. The summed E-state index contributed by atoms with van der Waals surface area (Å²) in [5.41, 5.74) is 5.32. The zero-order valence-electron chi connectivity index (χ0n) is 19.5. The fourth-order valence-electron chi connectivity index (χ4n) is 4.71. The highest BCUT2D eigenvalue weighted by Crippen LogP contribution is 2.32. The van der Waals surface area contributed by atoms with Gasteiger partial charge in [0.2, 0.25) is 5.91 Å². The molecule has 1 fully saturated rings. The molecule has 2 aromatic carbocycles. The Kier molecular flexibility index (Phi) is 5.96. The second-order valence-electron chi connectivity index (χ2n) is 8.85. The summed E-state index contributed by atoms with van der Waals surface area (Å²) >= 11 is 6.23. The number of aromatic nitrogens is 4. The van der Waals surface area contributed by atoms with E-state index in [1.165, 1.54) is 0 Å². The molecule has 3 heterocycles. The van der Waals surface area contributed by atoms with Crippen LogP contribution in [0.15, 0.2) is 48.5 Å². The topological polar surface area (TPSA) is 75.9 Å². The third kappa shape index (κ3) is 4.01. The summed E-state index contributed by atoms with van der Waals surface area (Å²) in [7, 11) is 0. The van der Waals surface area contributed by atoms with E-state index in [-0.39, 0.29) is 11.8 Å². The van der Waals surface area contributed by atoms with Gasteiger partial charge in [0.25, 0.3) is 0 Å². The number of benzene rings is 2. The first kappa shape index (κ1) is 22.3. The highest BCUT2D eigenvalue weighted by atomic mass is 35.5. The number of aryl methyl sites for hydroxylation is 2. The lowest BCUT2D eigenvalue weighted by Gasteiger charge is -2.32. The molecule has 0 radical (unpaired) electrons. The van der Waals surface area contributed by atoms with E-state index < -0.39 is 0 Å². The fourth-order valence-corrected chi connectivity index (χ4v) is 4.88. The number of hydrogen-bond donors (Lipinski definition) is 1. The van der Waals surface area contributed by atoms with Crippen molar-refractivity contribution in [3.63, 3.8) is 0 Å². The molecule has 7 nitrogen and oxygen atoms in total. The predicted octanol–water partition coefficient (Wildman–Crippen LogP) is 5.25. The molecule has 2 aromatic heterocycles. The molecule has 1 N–H and O–H groups in total. The molecular weight excluding hydrogens is 448 g/mol. The van der Waals surface area contributed by atoms with Gasteiger partial charge in [-0.25, -0.2) is 4.68 Å². The Morgan fingerprint density at radius 3 is 2.65 bits per heavy atom. The van der Waals surface area contributed by atoms with Gasteiger partial charge < -0.3 is 10.2 Å². The normalized spacial score (nSPS) is 16.1. The molecule has 1 aliphatic rings. The smallest absolute Gasteiger partial charge is 0.229 e. The summed E-state index contributed by atoms with van der Waals surface area (Å²) in [6, 6.07) is 15.6. The maximum atomic E-state index is 13.1. The highest BCUT2D eigenvalue weighted by molar-refractivity contribution is 6.31. The Balaban J connectivity index is 1.45. The van der Waals surface area contributed by atoms with Crippen LogP contribution in [-0.4, -0.2) is 39.0 Å². The lowest BCUT2D eigenvalue weighted by Crippen LogP contribution is -2.41.